The van der Waals surface area contributed by atoms with Gasteiger partial charge in [-0.25, -0.2) is 9.18 Å². The smallest absolute Gasteiger partial charge is 0.335 e. The van der Waals surface area contributed by atoms with Crippen molar-refractivity contribution in [2.45, 2.75) is 13.5 Å². The first-order chi connectivity index (χ1) is 15.4. The Balaban J connectivity index is 1.90. The molecule has 32 heavy (non-hydrogen) atoms. The topological polar surface area (TPSA) is 79.5 Å². The maximum atomic E-state index is 13.1. The summed E-state index contributed by atoms with van der Waals surface area (Å²) >= 11 is 6.45. The fourth-order valence-corrected chi connectivity index (χ4v) is 3.22. The summed E-state index contributed by atoms with van der Waals surface area (Å²) < 4.78 is 24.6. The summed E-state index contributed by atoms with van der Waals surface area (Å²) in [6.45, 7) is 2.37. The minimum absolute atomic E-state index is 0.135. The summed E-state index contributed by atoms with van der Waals surface area (Å²) in [5, 5.41) is 18.9. The standard InChI is InChI=1S/C25H19ClFNO4/c1-2-31-23-13-17(11-20(14-28)18-5-7-19(8-6-18)25(29)30)12-22(26)24(23)32-15-16-3-9-21(27)10-4-16/h3-13H,2,15H2,1H3,(H,29,30)/b20-11+. The van der Waals surface area contributed by atoms with Gasteiger partial charge in [-0.2, -0.15) is 5.26 Å². The average molecular weight is 452 g/mol. The molecule has 3 aromatic carbocycles. The molecule has 5 nitrogen and oxygen atoms in total. The molecule has 0 spiro atoms. The predicted octanol–water partition coefficient (Wildman–Crippen LogP) is 6.22. The highest BCUT2D eigenvalue weighted by atomic mass is 35.5. The van der Waals surface area contributed by atoms with Crippen molar-refractivity contribution in [3.05, 3.63) is 93.8 Å². The number of hydrogen-bond donors (Lipinski definition) is 1. The lowest BCUT2D eigenvalue weighted by atomic mass is 10.0. The van der Waals surface area contributed by atoms with Crippen molar-refractivity contribution in [1.82, 2.24) is 0 Å². The molecule has 0 aliphatic heterocycles. The lowest BCUT2D eigenvalue weighted by molar-refractivity contribution is 0.0697. The molecule has 0 fully saturated rings. The minimum Gasteiger partial charge on any atom is -0.490 e. The van der Waals surface area contributed by atoms with Crippen molar-refractivity contribution in [2.75, 3.05) is 6.61 Å². The molecule has 0 bridgehead atoms. The molecule has 7 heteroatoms. The summed E-state index contributed by atoms with van der Waals surface area (Å²) in [5.41, 5.74) is 2.43. The Morgan fingerprint density at radius 2 is 1.75 bits per heavy atom. The van der Waals surface area contributed by atoms with Gasteiger partial charge in [-0.3, -0.25) is 0 Å². The van der Waals surface area contributed by atoms with Gasteiger partial charge in [0.05, 0.1) is 28.8 Å². The van der Waals surface area contributed by atoms with Gasteiger partial charge in [0.25, 0.3) is 0 Å². The maximum absolute atomic E-state index is 13.1. The van der Waals surface area contributed by atoms with Gasteiger partial charge in [0, 0.05) is 0 Å². The first kappa shape index (κ1) is 22.9. The second kappa shape index (κ2) is 10.5. The number of benzene rings is 3. The van der Waals surface area contributed by atoms with Crippen LogP contribution in [0.25, 0.3) is 11.6 Å². The highest BCUT2D eigenvalue weighted by Crippen LogP contribution is 2.38. The number of rotatable bonds is 8. The van der Waals surface area contributed by atoms with Crippen LogP contribution in [0, 0.1) is 17.1 Å². The molecule has 0 aromatic heterocycles. The van der Waals surface area contributed by atoms with E-state index in [1.54, 1.807) is 42.5 Å². The highest BCUT2D eigenvalue weighted by molar-refractivity contribution is 6.32. The number of hydrogen-bond acceptors (Lipinski definition) is 4. The van der Waals surface area contributed by atoms with Crippen molar-refractivity contribution >= 4 is 29.2 Å². The second-order valence-corrected chi connectivity index (χ2v) is 7.14. The van der Waals surface area contributed by atoms with E-state index in [-0.39, 0.29) is 18.0 Å². The van der Waals surface area contributed by atoms with Crippen LogP contribution in [-0.4, -0.2) is 17.7 Å². The molecular formula is C25H19ClFNO4. The van der Waals surface area contributed by atoms with Crippen LogP contribution in [-0.2, 0) is 6.61 Å². The monoisotopic (exact) mass is 451 g/mol. The van der Waals surface area contributed by atoms with Gasteiger partial charge in [-0.15, -0.1) is 0 Å². The molecule has 0 aliphatic rings. The SMILES string of the molecule is CCOc1cc(/C=C(\C#N)c2ccc(C(=O)O)cc2)cc(Cl)c1OCc1ccc(F)cc1. The Kier molecular flexibility index (Phi) is 7.48. The second-order valence-electron chi connectivity index (χ2n) is 6.73. The molecule has 0 amide bonds. The Labute approximate surface area is 189 Å². The van der Waals surface area contributed by atoms with E-state index < -0.39 is 5.97 Å². The van der Waals surface area contributed by atoms with Crippen LogP contribution >= 0.6 is 11.6 Å². The number of allylic oxidation sites excluding steroid dienone is 1. The molecule has 0 heterocycles. The molecule has 0 aliphatic carbocycles. The number of carboxylic acid groups (broad SMARTS) is 1. The minimum atomic E-state index is -1.04. The van der Waals surface area contributed by atoms with Gasteiger partial charge in [0.2, 0.25) is 0 Å². The zero-order chi connectivity index (χ0) is 23.1. The van der Waals surface area contributed by atoms with Crippen molar-refractivity contribution in [3.63, 3.8) is 0 Å². The third-order valence-corrected chi connectivity index (χ3v) is 4.78. The number of aromatic carboxylic acids is 1. The van der Waals surface area contributed by atoms with Gasteiger partial charge in [0.15, 0.2) is 11.5 Å². The zero-order valence-corrected chi connectivity index (χ0v) is 17.9. The Morgan fingerprint density at radius 3 is 2.34 bits per heavy atom. The molecule has 3 aromatic rings. The molecule has 0 saturated heterocycles. The number of carbonyl (C=O) groups is 1. The molecule has 1 N–H and O–H groups in total. The van der Waals surface area contributed by atoms with Gasteiger partial charge in [-0.1, -0.05) is 35.9 Å². The van der Waals surface area contributed by atoms with Crippen molar-refractivity contribution in [3.8, 4) is 17.6 Å². The average Bonchev–Trinajstić information content (AvgIpc) is 2.78. The largest absolute Gasteiger partial charge is 0.490 e. The van der Waals surface area contributed by atoms with Crippen molar-refractivity contribution in [2.24, 2.45) is 0 Å². The molecule has 162 valence electrons. The normalized spacial score (nSPS) is 11.0. The molecule has 0 atom stereocenters. The molecular weight excluding hydrogens is 433 g/mol. The molecule has 0 radical (unpaired) electrons. The van der Waals surface area contributed by atoms with E-state index in [1.807, 2.05) is 6.92 Å². The van der Waals surface area contributed by atoms with Gasteiger partial charge < -0.3 is 14.6 Å². The molecule has 0 unspecified atom stereocenters. The third-order valence-electron chi connectivity index (χ3n) is 4.50. The zero-order valence-electron chi connectivity index (χ0n) is 17.1. The lowest BCUT2D eigenvalue weighted by Crippen LogP contribution is -2.01. The van der Waals surface area contributed by atoms with Crippen LogP contribution in [0.5, 0.6) is 11.5 Å². The summed E-state index contributed by atoms with van der Waals surface area (Å²) in [6, 6.07) is 17.4. The first-order valence-corrected chi connectivity index (χ1v) is 10.1. The summed E-state index contributed by atoms with van der Waals surface area (Å²) in [4.78, 5) is 11.0. The van der Waals surface area contributed by atoms with E-state index in [2.05, 4.69) is 6.07 Å². The summed E-state index contributed by atoms with van der Waals surface area (Å²) in [6.07, 6.45) is 1.63. The Morgan fingerprint density at radius 1 is 1.09 bits per heavy atom. The van der Waals surface area contributed by atoms with E-state index in [4.69, 9.17) is 26.2 Å². The fraction of sp³-hybridized carbons (Fsp3) is 0.120. The highest BCUT2D eigenvalue weighted by Gasteiger charge is 2.14. The maximum Gasteiger partial charge on any atom is 0.335 e. The fourth-order valence-electron chi connectivity index (χ4n) is 2.95. The van der Waals surface area contributed by atoms with Crippen LogP contribution in [0.4, 0.5) is 4.39 Å². The third kappa shape index (κ3) is 5.65. The number of halogens is 2. The molecule has 3 rings (SSSR count). The van der Waals surface area contributed by atoms with E-state index >= 15 is 0 Å². The lowest BCUT2D eigenvalue weighted by Gasteiger charge is -2.15. The van der Waals surface area contributed by atoms with Crippen LogP contribution in [0.3, 0.4) is 0 Å². The van der Waals surface area contributed by atoms with Gasteiger partial charge in [-0.05, 0) is 66.1 Å². The van der Waals surface area contributed by atoms with Gasteiger partial charge in [0.1, 0.15) is 12.4 Å². The Hall–Kier alpha value is -3.82. The number of carboxylic acids is 1. The van der Waals surface area contributed by atoms with E-state index in [0.717, 1.165) is 5.56 Å². The number of nitrogens with zero attached hydrogens (tertiary/aromatic N) is 1. The van der Waals surface area contributed by atoms with Crippen molar-refractivity contribution < 1.29 is 23.8 Å². The van der Waals surface area contributed by atoms with E-state index in [1.165, 1.54) is 24.3 Å². The van der Waals surface area contributed by atoms with E-state index in [9.17, 15) is 14.4 Å². The summed E-state index contributed by atoms with van der Waals surface area (Å²) in [5.74, 6) is -0.613. The van der Waals surface area contributed by atoms with Gasteiger partial charge >= 0.3 is 5.97 Å². The molecule has 0 saturated carbocycles. The predicted molar refractivity (Wildman–Crippen MR) is 120 cm³/mol. The summed E-state index contributed by atoms with van der Waals surface area (Å²) in [7, 11) is 0. The van der Waals surface area contributed by atoms with Crippen LogP contribution in [0.2, 0.25) is 5.02 Å². The quantitative estimate of drug-likeness (QED) is 0.325. The Bertz CT molecular complexity index is 1180. The van der Waals surface area contributed by atoms with Crippen LogP contribution in [0.15, 0.2) is 60.7 Å². The number of nitriles is 1. The first-order valence-electron chi connectivity index (χ1n) is 9.70. The number of ether oxygens (including phenoxy) is 2. The van der Waals surface area contributed by atoms with Crippen LogP contribution in [0.1, 0.15) is 34.0 Å². The van der Waals surface area contributed by atoms with Crippen molar-refractivity contribution in [1.29, 1.82) is 5.26 Å². The van der Waals surface area contributed by atoms with E-state index in [0.29, 0.717) is 39.8 Å². The van der Waals surface area contributed by atoms with Crippen LogP contribution < -0.4 is 9.47 Å².